The molecule has 0 fully saturated rings. The number of allylic oxidation sites excluding steroid dienone is 1. The maximum Gasteiger partial charge on any atom is 0.322 e. The summed E-state index contributed by atoms with van der Waals surface area (Å²) in [7, 11) is 0. The summed E-state index contributed by atoms with van der Waals surface area (Å²) >= 11 is 1.14. The lowest BCUT2D eigenvalue weighted by Gasteiger charge is -2.25. The molecule has 0 N–H and O–H groups in total. The van der Waals surface area contributed by atoms with Crippen molar-refractivity contribution in [2.45, 2.75) is 83.3 Å². The summed E-state index contributed by atoms with van der Waals surface area (Å²) < 4.78 is 4.42. The van der Waals surface area contributed by atoms with Crippen LogP contribution in [0.2, 0.25) is 0 Å². The van der Waals surface area contributed by atoms with E-state index in [0.717, 1.165) is 24.6 Å². The summed E-state index contributed by atoms with van der Waals surface area (Å²) in [5.74, 6) is -0.263. The van der Waals surface area contributed by atoms with Crippen LogP contribution in [-0.4, -0.2) is 22.4 Å². The molecule has 0 unspecified atom stereocenters. The molecule has 0 aliphatic rings. The Hall–Kier alpha value is -0.770. The third-order valence-electron chi connectivity index (χ3n) is 3.61. The fourth-order valence-corrected chi connectivity index (χ4v) is 3.35. The van der Waals surface area contributed by atoms with E-state index >= 15 is 0 Å². The van der Waals surface area contributed by atoms with Crippen molar-refractivity contribution >= 4 is 22.8 Å². The second-order valence-corrected chi connectivity index (χ2v) is 7.33. The molecule has 0 saturated carbocycles. The van der Waals surface area contributed by atoms with Crippen molar-refractivity contribution in [2.24, 2.45) is 0 Å². The molecule has 0 amide bonds. The lowest BCUT2D eigenvalue weighted by Crippen LogP contribution is -2.35. The van der Waals surface area contributed by atoms with Crippen LogP contribution in [0.25, 0.3) is 0 Å². The molecule has 0 rings (SSSR count). The van der Waals surface area contributed by atoms with E-state index in [4.69, 9.17) is 4.74 Å². The van der Waals surface area contributed by atoms with Gasteiger partial charge < -0.3 is 4.74 Å². The SMILES string of the molecule is C=CCCC(=O)S[C@@](C)(CCCCCCCC)C(=O)OCC. The summed E-state index contributed by atoms with van der Waals surface area (Å²) in [5, 5.41) is 0.0430. The molecule has 0 aliphatic heterocycles. The summed E-state index contributed by atoms with van der Waals surface area (Å²) in [5.41, 5.74) is 0. The third kappa shape index (κ3) is 9.29. The van der Waals surface area contributed by atoms with Crippen molar-refractivity contribution in [1.29, 1.82) is 0 Å². The number of ether oxygens (including phenoxy) is 1. The van der Waals surface area contributed by atoms with Gasteiger partial charge in [0.2, 0.25) is 0 Å². The fourth-order valence-electron chi connectivity index (χ4n) is 2.24. The molecule has 0 radical (unpaired) electrons. The van der Waals surface area contributed by atoms with Crippen LogP contribution < -0.4 is 0 Å². The van der Waals surface area contributed by atoms with Crippen molar-refractivity contribution in [3.8, 4) is 0 Å². The van der Waals surface area contributed by atoms with Crippen molar-refractivity contribution in [1.82, 2.24) is 0 Å². The molecule has 1 atom stereocenters. The molecular weight excluding hydrogens is 296 g/mol. The van der Waals surface area contributed by atoms with E-state index in [1.54, 1.807) is 13.0 Å². The van der Waals surface area contributed by atoms with Gasteiger partial charge in [0, 0.05) is 6.42 Å². The quantitative estimate of drug-likeness (QED) is 0.262. The Morgan fingerprint density at radius 3 is 2.36 bits per heavy atom. The maximum atomic E-state index is 12.2. The molecule has 4 heteroatoms. The number of hydrogen-bond acceptors (Lipinski definition) is 4. The second-order valence-electron chi connectivity index (χ2n) is 5.77. The zero-order chi connectivity index (χ0) is 16.8. The van der Waals surface area contributed by atoms with E-state index in [-0.39, 0.29) is 11.1 Å². The Kier molecular flexibility index (Phi) is 12.3. The summed E-state index contributed by atoms with van der Waals surface area (Å²) in [6, 6.07) is 0. The minimum atomic E-state index is -0.751. The highest BCUT2D eigenvalue weighted by atomic mass is 32.2. The van der Waals surface area contributed by atoms with E-state index in [1.165, 1.54) is 25.7 Å². The van der Waals surface area contributed by atoms with E-state index < -0.39 is 4.75 Å². The fraction of sp³-hybridized carbons (Fsp3) is 0.778. The van der Waals surface area contributed by atoms with Crippen molar-refractivity contribution in [2.75, 3.05) is 6.61 Å². The number of carbonyl (C=O) groups excluding carboxylic acids is 2. The lowest BCUT2D eigenvalue weighted by atomic mass is 10.0. The predicted octanol–water partition coefficient (Wildman–Crippen LogP) is 5.28. The van der Waals surface area contributed by atoms with Gasteiger partial charge in [-0.15, -0.1) is 6.58 Å². The second kappa shape index (κ2) is 12.7. The van der Waals surface area contributed by atoms with Gasteiger partial charge >= 0.3 is 5.97 Å². The van der Waals surface area contributed by atoms with Gasteiger partial charge in [0.15, 0.2) is 5.12 Å². The van der Waals surface area contributed by atoms with E-state index in [1.807, 2.05) is 6.92 Å². The highest BCUT2D eigenvalue weighted by Crippen LogP contribution is 2.34. The molecule has 22 heavy (non-hydrogen) atoms. The first-order chi connectivity index (χ1) is 10.5. The molecule has 128 valence electrons. The minimum absolute atomic E-state index is 0.0430. The van der Waals surface area contributed by atoms with Crippen molar-refractivity contribution < 1.29 is 14.3 Å². The zero-order valence-corrected chi connectivity index (χ0v) is 15.3. The minimum Gasteiger partial charge on any atom is -0.465 e. The van der Waals surface area contributed by atoms with Crippen LogP contribution in [0.15, 0.2) is 12.7 Å². The Labute approximate surface area is 140 Å². The average molecular weight is 329 g/mol. The molecule has 3 nitrogen and oxygen atoms in total. The molecule has 0 aromatic heterocycles. The Bertz CT molecular complexity index is 341. The number of hydrogen-bond donors (Lipinski definition) is 0. The molecule has 0 bridgehead atoms. The number of rotatable bonds is 13. The van der Waals surface area contributed by atoms with E-state index in [0.29, 0.717) is 25.9 Å². The Balaban J connectivity index is 4.42. The van der Waals surface area contributed by atoms with Crippen LogP contribution in [0.1, 0.15) is 78.6 Å². The monoisotopic (exact) mass is 328 g/mol. The van der Waals surface area contributed by atoms with Crippen LogP contribution in [0, 0.1) is 0 Å². The van der Waals surface area contributed by atoms with Crippen LogP contribution in [0.3, 0.4) is 0 Å². The van der Waals surface area contributed by atoms with Gasteiger partial charge in [-0.05, 0) is 26.7 Å². The van der Waals surface area contributed by atoms with Gasteiger partial charge in [-0.1, -0.05) is 63.3 Å². The first-order valence-corrected chi connectivity index (χ1v) is 9.31. The van der Waals surface area contributed by atoms with Crippen LogP contribution in [-0.2, 0) is 14.3 Å². The van der Waals surface area contributed by atoms with E-state index in [9.17, 15) is 9.59 Å². The summed E-state index contributed by atoms with van der Waals surface area (Å²) in [6.07, 6.45) is 10.5. The number of carbonyl (C=O) groups is 2. The highest BCUT2D eigenvalue weighted by molar-refractivity contribution is 8.15. The topological polar surface area (TPSA) is 43.4 Å². The van der Waals surface area contributed by atoms with E-state index in [2.05, 4.69) is 13.5 Å². The third-order valence-corrected chi connectivity index (χ3v) is 4.86. The molecule has 0 aromatic rings. The molecular formula is C18H32O3S. The molecule has 0 aromatic carbocycles. The maximum absolute atomic E-state index is 12.2. The zero-order valence-electron chi connectivity index (χ0n) is 14.5. The smallest absolute Gasteiger partial charge is 0.322 e. The van der Waals surface area contributed by atoms with Crippen molar-refractivity contribution in [3.63, 3.8) is 0 Å². The van der Waals surface area contributed by atoms with Gasteiger partial charge in [0.05, 0.1) is 6.61 Å². The number of esters is 1. The first kappa shape index (κ1) is 21.2. The first-order valence-electron chi connectivity index (χ1n) is 8.50. The Morgan fingerprint density at radius 2 is 1.77 bits per heavy atom. The molecule has 0 saturated heterocycles. The summed E-state index contributed by atoms with van der Waals surface area (Å²) in [4.78, 5) is 24.2. The van der Waals surface area contributed by atoms with Crippen LogP contribution in [0.4, 0.5) is 0 Å². The lowest BCUT2D eigenvalue weighted by molar-refractivity contribution is -0.146. The normalized spacial score (nSPS) is 13.4. The van der Waals surface area contributed by atoms with Gasteiger partial charge in [0.1, 0.15) is 4.75 Å². The van der Waals surface area contributed by atoms with Crippen molar-refractivity contribution in [3.05, 3.63) is 12.7 Å². The predicted molar refractivity (Wildman–Crippen MR) is 95.1 cm³/mol. The number of unbranched alkanes of at least 4 members (excludes halogenated alkanes) is 5. The molecule has 0 aliphatic carbocycles. The summed E-state index contributed by atoms with van der Waals surface area (Å²) in [6.45, 7) is 9.82. The molecule has 0 spiro atoms. The van der Waals surface area contributed by atoms with Gasteiger partial charge in [0.25, 0.3) is 0 Å². The molecule has 0 heterocycles. The van der Waals surface area contributed by atoms with Gasteiger partial charge in [-0.25, -0.2) is 0 Å². The average Bonchev–Trinajstić information content (AvgIpc) is 2.49. The van der Waals surface area contributed by atoms with Gasteiger partial charge in [-0.3, -0.25) is 9.59 Å². The van der Waals surface area contributed by atoms with Crippen LogP contribution in [0.5, 0.6) is 0 Å². The van der Waals surface area contributed by atoms with Gasteiger partial charge in [-0.2, -0.15) is 0 Å². The standard InChI is InChI=1S/C18H32O3S/c1-5-8-10-11-12-13-15-18(4,17(20)21-7-3)22-16(19)14-9-6-2/h6H,2,5,7-15H2,1,3-4H3/t18-/m0/s1. The highest BCUT2D eigenvalue weighted by Gasteiger charge is 2.37. The number of thioether (sulfide) groups is 1. The largest absolute Gasteiger partial charge is 0.465 e. The Morgan fingerprint density at radius 1 is 1.14 bits per heavy atom. The van der Waals surface area contributed by atoms with Crippen LogP contribution >= 0.6 is 11.8 Å².